The summed E-state index contributed by atoms with van der Waals surface area (Å²) in [6.45, 7) is 1.34. The van der Waals surface area contributed by atoms with Gasteiger partial charge < -0.3 is 14.8 Å². The second-order valence-electron chi connectivity index (χ2n) is 6.25. The molecule has 8 nitrogen and oxygen atoms in total. The van der Waals surface area contributed by atoms with Crippen LogP contribution in [0, 0.1) is 5.92 Å². The van der Waals surface area contributed by atoms with Crippen LogP contribution in [0.5, 0.6) is 0 Å². The number of fused-ring (bicyclic) bond motifs is 1. The van der Waals surface area contributed by atoms with E-state index in [1.54, 1.807) is 4.68 Å². The van der Waals surface area contributed by atoms with Gasteiger partial charge in [-0.1, -0.05) is 0 Å². The van der Waals surface area contributed by atoms with Crippen molar-refractivity contribution in [1.29, 1.82) is 0 Å². The Balaban J connectivity index is 1.76. The van der Waals surface area contributed by atoms with Gasteiger partial charge in [-0.2, -0.15) is 5.10 Å². The maximum atomic E-state index is 12.3. The molecule has 4 rings (SSSR count). The number of ether oxygens (including phenoxy) is 1. The second kappa shape index (κ2) is 5.45. The molecule has 23 heavy (non-hydrogen) atoms. The lowest BCUT2D eigenvalue weighted by Crippen LogP contribution is -2.33. The van der Waals surface area contributed by atoms with E-state index in [1.165, 1.54) is 6.20 Å². The van der Waals surface area contributed by atoms with Crippen LogP contribution in [-0.2, 0) is 9.53 Å². The maximum Gasteiger partial charge on any atom is 0.307 e. The number of carboxylic acid groups (broad SMARTS) is 1. The summed E-state index contributed by atoms with van der Waals surface area (Å²) in [5, 5.41) is 14.0. The topological polar surface area (TPSA) is 110 Å². The van der Waals surface area contributed by atoms with Gasteiger partial charge in [-0.15, -0.1) is 0 Å². The number of nitrogens with one attached hydrogen (secondary N) is 1. The summed E-state index contributed by atoms with van der Waals surface area (Å²) in [7, 11) is 0. The Morgan fingerprint density at radius 3 is 2.74 bits per heavy atom. The Kier molecular flexibility index (Phi) is 3.41. The molecule has 1 saturated heterocycles. The van der Waals surface area contributed by atoms with Crippen LogP contribution in [0.4, 0.5) is 0 Å². The van der Waals surface area contributed by atoms with Crippen LogP contribution in [-0.4, -0.2) is 44.0 Å². The number of carboxylic acids is 1. The van der Waals surface area contributed by atoms with Crippen LogP contribution in [0.25, 0.3) is 11.0 Å². The van der Waals surface area contributed by atoms with Crippen LogP contribution >= 0.6 is 0 Å². The molecule has 0 radical (unpaired) electrons. The minimum absolute atomic E-state index is 0.167. The van der Waals surface area contributed by atoms with Crippen molar-refractivity contribution in [3.8, 4) is 0 Å². The molecule has 2 N–H and O–H groups in total. The summed E-state index contributed by atoms with van der Waals surface area (Å²) in [6.07, 6.45) is 4.57. The molecule has 0 amide bonds. The van der Waals surface area contributed by atoms with Crippen LogP contribution in [0.15, 0.2) is 11.0 Å². The zero-order chi connectivity index (χ0) is 16.0. The molecule has 0 bridgehead atoms. The number of H-pyrrole nitrogens is 1. The number of hydrogen-bond acceptors (Lipinski definition) is 5. The zero-order valence-corrected chi connectivity index (χ0v) is 12.6. The van der Waals surface area contributed by atoms with Crippen LogP contribution in [0.1, 0.15) is 43.5 Å². The number of aromatic nitrogens is 4. The maximum absolute atomic E-state index is 12.3. The Bertz CT molecular complexity index is 805. The predicted octanol–water partition coefficient (Wildman–Crippen LogP) is 1.05. The first kappa shape index (κ1) is 14.4. The van der Waals surface area contributed by atoms with E-state index >= 15 is 0 Å². The van der Waals surface area contributed by atoms with E-state index in [9.17, 15) is 14.7 Å². The largest absolute Gasteiger partial charge is 0.481 e. The van der Waals surface area contributed by atoms with E-state index in [4.69, 9.17) is 4.74 Å². The lowest BCUT2D eigenvalue weighted by atomic mass is 9.73. The molecule has 2 aromatic rings. The molecule has 1 saturated carbocycles. The minimum atomic E-state index is -0.832. The van der Waals surface area contributed by atoms with E-state index in [-0.39, 0.29) is 17.5 Å². The number of rotatable bonds is 3. The molecule has 0 spiro atoms. The fourth-order valence-electron chi connectivity index (χ4n) is 3.45. The van der Waals surface area contributed by atoms with Crippen LogP contribution in [0.3, 0.4) is 0 Å². The van der Waals surface area contributed by atoms with Gasteiger partial charge in [-0.3, -0.25) is 9.59 Å². The SMILES string of the molecule is O=C(O)[C@@H]1CC[C@H]1c1nc2c(cnn2C2CCOCC2)c(=O)[nH]1. The fraction of sp³-hybridized carbons (Fsp3) is 0.600. The Morgan fingerprint density at radius 1 is 1.30 bits per heavy atom. The fourth-order valence-corrected chi connectivity index (χ4v) is 3.45. The summed E-state index contributed by atoms with van der Waals surface area (Å²) in [6, 6.07) is 0.167. The normalized spacial score (nSPS) is 25.4. The highest BCUT2D eigenvalue weighted by Gasteiger charge is 2.39. The first-order chi connectivity index (χ1) is 11.1. The van der Waals surface area contributed by atoms with Gasteiger partial charge >= 0.3 is 5.97 Å². The molecule has 0 aromatic carbocycles. The second-order valence-corrected chi connectivity index (χ2v) is 6.25. The van der Waals surface area contributed by atoms with Gasteiger partial charge in [-0.25, -0.2) is 9.67 Å². The number of hydrogen-bond donors (Lipinski definition) is 2. The molecular weight excluding hydrogens is 300 g/mol. The van der Waals surface area contributed by atoms with E-state index in [0.717, 1.165) is 19.3 Å². The molecule has 2 atom stereocenters. The lowest BCUT2D eigenvalue weighted by Gasteiger charge is -2.32. The van der Waals surface area contributed by atoms with E-state index < -0.39 is 11.9 Å². The number of aromatic amines is 1. The first-order valence-corrected chi connectivity index (χ1v) is 7.93. The van der Waals surface area contributed by atoms with Crippen molar-refractivity contribution in [3.05, 3.63) is 22.4 Å². The van der Waals surface area contributed by atoms with Crippen molar-refractivity contribution in [2.45, 2.75) is 37.6 Å². The first-order valence-electron chi connectivity index (χ1n) is 7.93. The van der Waals surface area contributed by atoms with E-state index in [0.29, 0.717) is 36.5 Å². The van der Waals surface area contributed by atoms with Crippen molar-refractivity contribution in [1.82, 2.24) is 19.7 Å². The van der Waals surface area contributed by atoms with Crippen molar-refractivity contribution >= 4 is 17.0 Å². The summed E-state index contributed by atoms with van der Waals surface area (Å²) in [5.41, 5.74) is 0.297. The zero-order valence-electron chi connectivity index (χ0n) is 12.6. The highest BCUT2D eigenvalue weighted by Crippen LogP contribution is 2.41. The van der Waals surface area contributed by atoms with Crippen molar-refractivity contribution in [3.63, 3.8) is 0 Å². The van der Waals surface area contributed by atoms with Gasteiger partial charge in [0.2, 0.25) is 0 Å². The summed E-state index contributed by atoms with van der Waals surface area (Å²) >= 11 is 0. The molecule has 2 fully saturated rings. The number of carbonyl (C=O) groups is 1. The van der Waals surface area contributed by atoms with Gasteiger partial charge in [0.25, 0.3) is 5.56 Å². The number of aliphatic carboxylic acids is 1. The molecule has 0 unspecified atom stereocenters. The summed E-state index contributed by atoms with van der Waals surface area (Å²) in [5.74, 6) is -1.05. The summed E-state index contributed by atoms with van der Waals surface area (Å²) < 4.78 is 7.16. The van der Waals surface area contributed by atoms with Crippen molar-refractivity contribution in [2.24, 2.45) is 5.92 Å². The van der Waals surface area contributed by atoms with Crippen LogP contribution < -0.4 is 5.56 Å². The Hall–Kier alpha value is -2.22. The third-order valence-electron chi connectivity index (χ3n) is 4.96. The third kappa shape index (κ3) is 2.33. The lowest BCUT2D eigenvalue weighted by molar-refractivity contribution is -0.145. The molecule has 1 aliphatic heterocycles. The molecule has 1 aliphatic carbocycles. The summed E-state index contributed by atoms with van der Waals surface area (Å²) in [4.78, 5) is 30.8. The van der Waals surface area contributed by atoms with Gasteiger partial charge in [-0.05, 0) is 25.7 Å². The molecule has 8 heteroatoms. The molecule has 2 aliphatic rings. The monoisotopic (exact) mass is 318 g/mol. The highest BCUT2D eigenvalue weighted by atomic mass is 16.5. The van der Waals surface area contributed by atoms with Gasteiger partial charge in [0.1, 0.15) is 11.2 Å². The van der Waals surface area contributed by atoms with Gasteiger partial charge in [0.15, 0.2) is 5.65 Å². The molecule has 3 heterocycles. The highest BCUT2D eigenvalue weighted by molar-refractivity contribution is 5.74. The Labute approximate surface area is 131 Å². The van der Waals surface area contributed by atoms with Crippen LogP contribution in [0.2, 0.25) is 0 Å². The third-order valence-corrected chi connectivity index (χ3v) is 4.96. The quantitative estimate of drug-likeness (QED) is 0.875. The average Bonchev–Trinajstić information content (AvgIpc) is 2.91. The van der Waals surface area contributed by atoms with Gasteiger partial charge in [0.05, 0.1) is 18.2 Å². The predicted molar refractivity (Wildman–Crippen MR) is 80.3 cm³/mol. The van der Waals surface area contributed by atoms with Gasteiger partial charge in [0, 0.05) is 19.1 Å². The van der Waals surface area contributed by atoms with E-state index in [2.05, 4.69) is 15.1 Å². The Morgan fingerprint density at radius 2 is 2.09 bits per heavy atom. The minimum Gasteiger partial charge on any atom is -0.481 e. The van der Waals surface area contributed by atoms with E-state index in [1.807, 2.05) is 0 Å². The molecular formula is C15H18N4O4. The average molecular weight is 318 g/mol. The molecule has 2 aromatic heterocycles. The standard InChI is InChI=1S/C15H18N4O4/c20-14-11-7-16-19(8-3-5-23-6-4-8)13(11)17-12(18-14)9-1-2-10(9)15(21)22/h7-10H,1-6H2,(H,21,22)(H,17,18,20)/t9-,10-/m1/s1. The molecule has 122 valence electrons. The smallest absolute Gasteiger partial charge is 0.307 e. The van der Waals surface area contributed by atoms with Crippen molar-refractivity contribution < 1.29 is 14.6 Å². The number of nitrogens with zero attached hydrogens (tertiary/aromatic N) is 3. The van der Waals surface area contributed by atoms with Crippen molar-refractivity contribution in [2.75, 3.05) is 13.2 Å².